The molecule has 146 valence electrons. The number of benzene rings is 1. The molecule has 0 amide bonds. The molecule has 1 saturated heterocycles. The summed E-state index contributed by atoms with van der Waals surface area (Å²) >= 11 is 12.2. The Labute approximate surface area is 173 Å². The molecule has 1 aliphatic rings. The summed E-state index contributed by atoms with van der Waals surface area (Å²) in [5.41, 5.74) is 1.47. The Balaban J connectivity index is 1.46. The largest absolute Gasteiger partial charge is 0.371 e. The molecule has 4 rings (SSSR count). The Hall–Kier alpha value is -2.22. The van der Waals surface area contributed by atoms with Gasteiger partial charge in [0.05, 0.1) is 23.1 Å². The number of aromatic nitrogens is 5. The number of halogens is 2. The van der Waals surface area contributed by atoms with Crippen LogP contribution in [0.15, 0.2) is 30.3 Å². The van der Waals surface area contributed by atoms with Crippen molar-refractivity contribution in [1.82, 2.24) is 25.4 Å². The fraction of sp³-hybridized carbons (Fsp3) is 0.368. The number of nitrogens with one attached hydrogen (secondary N) is 1. The fourth-order valence-electron chi connectivity index (χ4n) is 3.46. The molecule has 1 N–H and O–H groups in total. The predicted octanol–water partition coefficient (Wildman–Crippen LogP) is 3.71. The highest BCUT2D eigenvalue weighted by molar-refractivity contribution is 6.42. The minimum atomic E-state index is -0.271. The van der Waals surface area contributed by atoms with E-state index < -0.39 is 0 Å². The van der Waals surface area contributed by atoms with Crippen LogP contribution in [0.3, 0.4) is 0 Å². The van der Waals surface area contributed by atoms with E-state index in [-0.39, 0.29) is 5.60 Å². The lowest BCUT2D eigenvalue weighted by Gasteiger charge is -2.50. The highest BCUT2D eigenvalue weighted by Crippen LogP contribution is 2.34. The molecular formula is C19H20Cl2N6O. The van der Waals surface area contributed by atoms with Gasteiger partial charge < -0.3 is 9.64 Å². The summed E-state index contributed by atoms with van der Waals surface area (Å²) in [6.07, 6.45) is 0.760. The molecule has 0 bridgehead atoms. The average Bonchev–Trinajstić information content (AvgIpc) is 3.09. The molecule has 0 spiro atoms. The molecule has 3 heterocycles. The lowest BCUT2D eigenvalue weighted by Crippen LogP contribution is -2.65. The molecule has 0 unspecified atom stereocenters. The molecule has 1 fully saturated rings. The van der Waals surface area contributed by atoms with Gasteiger partial charge in [0, 0.05) is 13.0 Å². The first-order chi connectivity index (χ1) is 13.5. The van der Waals surface area contributed by atoms with Gasteiger partial charge in [-0.15, -0.1) is 10.2 Å². The van der Waals surface area contributed by atoms with E-state index in [0.717, 1.165) is 36.7 Å². The number of anilines is 1. The third-order valence-electron chi connectivity index (χ3n) is 4.72. The zero-order valence-corrected chi connectivity index (χ0v) is 17.1. The molecule has 3 aromatic rings. The zero-order valence-electron chi connectivity index (χ0n) is 15.6. The molecule has 0 aliphatic carbocycles. The number of H-pyrrole nitrogens is 1. The average molecular weight is 419 g/mol. The Morgan fingerprint density at radius 2 is 1.96 bits per heavy atom. The lowest BCUT2D eigenvalue weighted by atomic mass is 9.86. The van der Waals surface area contributed by atoms with E-state index >= 15 is 0 Å². The monoisotopic (exact) mass is 418 g/mol. The molecule has 0 saturated carbocycles. The molecule has 7 nitrogen and oxygen atoms in total. The highest BCUT2D eigenvalue weighted by Gasteiger charge is 2.44. The van der Waals surface area contributed by atoms with Crippen LogP contribution in [0.2, 0.25) is 10.0 Å². The van der Waals surface area contributed by atoms with Crippen LogP contribution >= 0.6 is 23.2 Å². The quantitative estimate of drug-likeness (QED) is 0.656. The van der Waals surface area contributed by atoms with Crippen molar-refractivity contribution in [3.63, 3.8) is 0 Å². The Morgan fingerprint density at radius 3 is 2.57 bits per heavy atom. The molecular weight excluding hydrogens is 399 g/mol. The number of rotatable bonds is 6. The Kier molecular flexibility index (Phi) is 5.23. The molecule has 0 radical (unpaired) electrons. The maximum absolute atomic E-state index is 6.16. The van der Waals surface area contributed by atoms with Crippen molar-refractivity contribution in [3.8, 4) is 11.5 Å². The van der Waals surface area contributed by atoms with Crippen molar-refractivity contribution in [1.29, 1.82) is 0 Å². The van der Waals surface area contributed by atoms with E-state index in [2.05, 4.69) is 30.3 Å². The summed E-state index contributed by atoms with van der Waals surface area (Å²) in [5, 5.41) is 16.6. The number of aromatic amines is 1. The first kappa shape index (κ1) is 19.1. The van der Waals surface area contributed by atoms with Crippen molar-refractivity contribution < 1.29 is 4.74 Å². The Morgan fingerprint density at radius 1 is 1.14 bits per heavy atom. The maximum Gasteiger partial charge on any atom is 0.201 e. The van der Waals surface area contributed by atoms with Gasteiger partial charge in [0.25, 0.3) is 0 Å². The third kappa shape index (κ3) is 3.83. The minimum Gasteiger partial charge on any atom is -0.371 e. The van der Waals surface area contributed by atoms with Crippen LogP contribution in [0.1, 0.15) is 18.3 Å². The van der Waals surface area contributed by atoms with Crippen LogP contribution in [0.25, 0.3) is 11.5 Å². The first-order valence-corrected chi connectivity index (χ1v) is 9.79. The van der Waals surface area contributed by atoms with Crippen molar-refractivity contribution in [3.05, 3.63) is 51.8 Å². The second-order valence-corrected chi connectivity index (χ2v) is 7.73. The van der Waals surface area contributed by atoms with Crippen LogP contribution < -0.4 is 4.90 Å². The molecule has 0 atom stereocenters. The van der Waals surface area contributed by atoms with Crippen molar-refractivity contribution in [2.75, 3.05) is 24.6 Å². The van der Waals surface area contributed by atoms with Gasteiger partial charge in [0.2, 0.25) is 5.82 Å². The van der Waals surface area contributed by atoms with Gasteiger partial charge in [0.15, 0.2) is 5.82 Å². The maximum atomic E-state index is 6.16. The van der Waals surface area contributed by atoms with Gasteiger partial charge in [-0.2, -0.15) is 5.10 Å². The standard InChI is InChI=1S/C19H20Cl2N6O/c1-3-28-19(9-13-4-5-14(20)15(21)8-13)10-27(11-19)17-7-6-16(24-25-17)18-22-12(2)23-26-18/h4-8H,3,9-11H2,1-2H3,(H,22,23,26). The first-order valence-electron chi connectivity index (χ1n) is 9.04. The minimum absolute atomic E-state index is 0.271. The SMILES string of the molecule is CCOC1(Cc2ccc(Cl)c(Cl)c2)CN(c2ccc(-c3n[nH]c(C)n3)nn2)C1. The molecule has 2 aromatic heterocycles. The molecule has 9 heteroatoms. The van der Waals surface area contributed by atoms with Crippen LogP contribution in [0.4, 0.5) is 5.82 Å². The van der Waals surface area contributed by atoms with E-state index in [1.165, 1.54) is 0 Å². The van der Waals surface area contributed by atoms with Crippen LogP contribution in [0, 0.1) is 6.92 Å². The van der Waals surface area contributed by atoms with Gasteiger partial charge in [-0.25, -0.2) is 4.98 Å². The number of hydrogen-bond donors (Lipinski definition) is 1. The van der Waals surface area contributed by atoms with E-state index in [4.69, 9.17) is 27.9 Å². The third-order valence-corrected chi connectivity index (χ3v) is 5.46. The van der Waals surface area contributed by atoms with Gasteiger partial charge in [-0.3, -0.25) is 5.10 Å². The fourth-order valence-corrected chi connectivity index (χ4v) is 3.78. The second-order valence-electron chi connectivity index (χ2n) is 6.92. The summed E-state index contributed by atoms with van der Waals surface area (Å²) in [6.45, 7) is 5.96. The van der Waals surface area contributed by atoms with Gasteiger partial charge >= 0.3 is 0 Å². The predicted molar refractivity (Wildman–Crippen MR) is 109 cm³/mol. The highest BCUT2D eigenvalue weighted by atomic mass is 35.5. The normalized spacial score (nSPS) is 15.5. The Bertz CT molecular complexity index is 969. The number of nitrogens with zero attached hydrogens (tertiary/aromatic N) is 5. The summed E-state index contributed by atoms with van der Waals surface area (Å²) < 4.78 is 6.10. The van der Waals surface area contributed by atoms with E-state index in [1.807, 2.05) is 44.2 Å². The summed E-state index contributed by atoms with van der Waals surface area (Å²) in [4.78, 5) is 6.42. The second kappa shape index (κ2) is 7.66. The van der Waals surface area contributed by atoms with Gasteiger partial charge in [-0.1, -0.05) is 29.3 Å². The summed E-state index contributed by atoms with van der Waals surface area (Å²) in [7, 11) is 0. The molecule has 1 aliphatic heterocycles. The van der Waals surface area contributed by atoms with Crippen LogP contribution in [0.5, 0.6) is 0 Å². The summed E-state index contributed by atoms with van der Waals surface area (Å²) in [5.74, 6) is 2.09. The van der Waals surface area contributed by atoms with Crippen molar-refractivity contribution in [2.24, 2.45) is 0 Å². The van der Waals surface area contributed by atoms with Crippen LogP contribution in [-0.2, 0) is 11.2 Å². The van der Waals surface area contributed by atoms with E-state index in [0.29, 0.717) is 28.2 Å². The smallest absolute Gasteiger partial charge is 0.201 e. The zero-order chi connectivity index (χ0) is 19.7. The summed E-state index contributed by atoms with van der Waals surface area (Å²) in [6, 6.07) is 9.53. The van der Waals surface area contributed by atoms with Gasteiger partial charge in [0.1, 0.15) is 17.1 Å². The number of hydrogen-bond acceptors (Lipinski definition) is 6. The number of aryl methyl sites for hydroxylation is 1. The van der Waals surface area contributed by atoms with E-state index in [1.54, 1.807) is 0 Å². The van der Waals surface area contributed by atoms with Crippen molar-refractivity contribution in [2.45, 2.75) is 25.9 Å². The molecule has 28 heavy (non-hydrogen) atoms. The topological polar surface area (TPSA) is 79.8 Å². The van der Waals surface area contributed by atoms with Gasteiger partial charge in [-0.05, 0) is 43.7 Å². The van der Waals surface area contributed by atoms with Crippen molar-refractivity contribution >= 4 is 29.0 Å². The van der Waals surface area contributed by atoms with E-state index in [9.17, 15) is 0 Å². The lowest BCUT2D eigenvalue weighted by molar-refractivity contribution is -0.0591. The van der Waals surface area contributed by atoms with Crippen LogP contribution in [-0.4, -0.2) is 50.7 Å². The molecule has 1 aromatic carbocycles. The number of ether oxygens (including phenoxy) is 1.